The van der Waals surface area contributed by atoms with Crippen LogP contribution < -0.4 is 5.56 Å². The number of nitrogens with zero attached hydrogens (tertiary/aromatic N) is 2. The zero-order chi connectivity index (χ0) is 28.1. The van der Waals surface area contributed by atoms with Crippen LogP contribution in [-0.4, -0.2) is 64.4 Å². The lowest BCUT2D eigenvalue weighted by molar-refractivity contribution is -0.143. The molecule has 2 aromatic heterocycles. The molecule has 0 saturated carbocycles. The largest absolute Gasteiger partial charge is 0.438 e. The number of aromatic amines is 1. The van der Waals surface area contributed by atoms with Gasteiger partial charge in [0.15, 0.2) is 11.0 Å². The van der Waals surface area contributed by atoms with Crippen LogP contribution in [-0.2, 0) is 20.0 Å². The van der Waals surface area contributed by atoms with Crippen molar-refractivity contribution in [1.82, 2.24) is 15.0 Å². The van der Waals surface area contributed by atoms with E-state index >= 15 is 0 Å². The summed E-state index contributed by atoms with van der Waals surface area (Å²) in [5, 5.41) is 29.4. The highest BCUT2D eigenvalue weighted by Crippen LogP contribution is 2.59. The van der Waals surface area contributed by atoms with Crippen molar-refractivity contribution in [2.45, 2.75) is 88.5 Å². The molecule has 5 N–H and O–H groups in total. The van der Waals surface area contributed by atoms with E-state index in [2.05, 4.69) is 9.97 Å². The molecule has 37 heavy (non-hydrogen) atoms. The van der Waals surface area contributed by atoms with Crippen LogP contribution in [0, 0.1) is 5.95 Å². The molecule has 208 valence electrons. The Bertz CT molecular complexity index is 1270. The average molecular weight is 557 g/mol. The third kappa shape index (κ3) is 5.72. The van der Waals surface area contributed by atoms with Gasteiger partial charge in [-0.3, -0.25) is 9.36 Å². The third-order valence-electron chi connectivity index (χ3n) is 6.61. The number of aromatic nitrogens is 3. The molecule has 0 radical (unpaired) electrons. The molecule has 0 amide bonds. The number of fused-ring (bicyclic) bond motifs is 1. The molecule has 7 atom stereocenters. The molecule has 7 unspecified atom stereocenters. The van der Waals surface area contributed by atoms with Crippen LogP contribution in [0.2, 0.25) is 0 Å². The van der Waals surface area contributed by atoms with Gasteiger partial charge in [0, 0.05) is 6.42 Å². The molecule has 1 saturated heterocycles. The van der Waals surface area contributed by atoms with Crippen LogP contribution in [0.1, 0.15) is 64.3 Å². The normalized spacial score (nSPS) is 27.6. The van der Waals surface area contributed by atoms with Crippen molar-refractivity contribution in [2.24, 2.45) is 0 Å². The van der Waals surface area contributed by atoms with Crippen LogP contribution in [0.3, 0.4) is 0 Å². The number of pyridine rings is 1. The Balaban J connectivity index is 1.91. The smallest absolute Gasteiger partial charge is 0.388 e. The molecule has 0 spiro atoms. The highest BCUT2D eigenvalue weighted by molar-refractivity contribution is 7.54. The van der Waals surface area contributed by atoms with Gasteiger partial charge >= 0.3 is 13.8 Å². The van der Waals surface area contributed by atoms with Gasteiger partial charge in [-0.25, -0.2) is 9.97 Å². The van der Waals surface area contributed by atoms with E-state index in [9.17, 15) is 47.1 Å². The molecular formula is C21H28F4N3O8P. The Morgan fingerprint density at radius 1 is 1.16 bits per heavy atom. The molecule has 3 rings (SSSR count). The summed E-state index contributed by atoms with van der Waals surface area (Å²) in [7, 11) is -4.58. The van der Waals surface area contributed by atoms with Crippen molar-refractivity contribution in [3.8, 4) is 0 Å². The maximum Gasteiger partial charge on any atom is 0.438 e. The van der Waals surface area contributed by atoms with E-state index in [1.165, 1.54) is 13.8 Å². The Morgan fingerprint density at radius 3 is 2.32 bits per heavy atom. The van der Waals surface area contributed by atoms with Gasteiger partial charge in [0.1, 0.15) is 23.8 Å². The molecule has 3 heterocycles. The number of H-pyrrole nitrogens is 1. The van der Waals surface area contributed by atoms with Crippen LogP contribution in [0.25, 0.3) is 11.2 Å². The average Bonchev–Trinajstić information content (AvgIpc) is 3.05. The lowest BCUT2D eigenvalue weighted by atomic mass is 9.92. The highest BCUT2D eigenvalue weighted by atomic mass is 31.2. The van der Waals surface area contributed by atoms with Crippen molar-refractivity contribution < 1.29 is 51.6 Å². The molecule has 11 nitrogen and oxygen atoms in total. The number of ether oxygens (including phenoxy) is 1. The predicted octanol–water partition coefficient (Wildman–Crippen LogP) is 2.52. The fourth-order valence-electron chi connectivity index (χ4n) is 3.85. The molecule has 0 bridgehead atoms. The number of hydrogen-bond acceptors (Lipinski definition) is 9. The monoisotopic (exact) mass is 557 g/mol. The first kappa shape index (κ1) is 29.6. The van der Waals surface area contributed by atoms with Gasteiger partial charge in [-0.05, 0) is 32.8 Å². The third-order valence-corrected chi connectivity index (χ3v) is 8.83. The maximum absolute atomic E-state index is 13.9. The summed E-state index contributed by atoms with van der Waals surface area (Å²) in [6.45, 7) is 5.69. The molecule has 2 aromatic rings. The van der Waals surface area contributed by atoms with E-state index < -0.39 is 77.5 Å². The Kier molecular flexibility index (Phi) is 7.95. The minimum Gasteiger partial charge on any atom is -0.388 e. The van der Waals surface area contributed by atoms with Crippen molar-refractivity contribution in [3.05, 3.63) is 33.6 Å². The van der Waals surface area contributed by atoms with Crippen LogP contribution in [0.15, 0.2) is 10.9 Å². The van der Waals surface area contributed by atoms with Crippen LogP contribution in [0.5, 0.6) is 0 Å². The van der Waals surface area contributed by atoms with Crippen molar-refractivity contribution in [1.29, 1.82) is 0 Å². The summed E-state index contributed by atoms with van der Waals surface area (Å²) >= 11 is 0. The first-order valence-electron chi connectivity index (χ1n) is 11.3. The number of aliphatic hydroxyl groups excluding tert-OH is 2. The standard InChI is InChI=1S/C21H28F4N3O8P/c1-5-19(3,36-37(33,34)20(4,32)6-2)8-11-12(29)13(30)14(35-11)9-7-10-17(28-18(9)31)27-15(16(22)26-10)21(23,24)25/h7,11-14,29-30,32H,5-6,8H2,1-4H3,(H,33,34)(H,27,28,31). The molecule has 16 heteroatoms. The SMILES string of the molecule is CCC(C)(CC1OC(c2cc3nc(F)c(C(F)(F)F)nc3[nH]c2=O)C(O)C1O)OP(=O)(O)C(C)(O)CC. The Morgan fingerprint density at radius 2 is 1.78 bits per heavy atom. The number of rotatable bonds is 8. The highest BCUT2D eigenvalue weighted by Gasteiger charge is 2.51. The second kappa shape index (κ2) is 9.95. The van der Waals surface area contributed by atoms with Gasteiger partial charge in [0.2, 0.25) is 11.6 Å². The van der Waals surface area contributed by atoms with E-state index in [-0.39, 0.29) is 24.8 Å². The summed E-state index contributed by atoms with van der Waals surface area (Å²) in [5.74, 6) is -1.92. The first-order chi connectivity index (χ1) is 16.9. The van der Waals surface area contributed by atoms with E-state index in [0.717, 1.165) is 13.0 Å². The summed E-state index contributed by atoms with van der Waals surface area (Å²) in [4.78, 5) is 31.3. The summed E-state index contributed by atoms with van der Waals surface area (Å²) in [6.07, 6.45) is -11.5. The second-order valence-corrected chi connectivity index (χ2v) is 11.6. The summed E-state index contributed by atoms with van der Waals surface area (Å²) in [6, 6.07) is 0.892. The second-order valence-electron chi connectivity index (χ2n) is 9.41. The Hall–Kier alpha value is -2.00. The fourth-order valence-corrected chi connectivity index (χ4v) is 5.24. The lowest BCUT2D eigenvalue weighted by Gasteiger charge is -2.37. The summed E-state index contributed by atoms with van der Waals surface area (Å²) < 4.78 is 76.5. The van der Waals surface area contributed by atoms with Gasteiger partial charge in [0.05, 0.1) is 17.3 Å². The zero-order valence-corrected chi connectivity index (χ0v) is 21.2. The van der Waals surface area contributed by atoms with E-state index in [4.69, 9.17) is 9.26 Å². The van der Waals surface area contributed by atoms with Crippen molar-refractivity contribution >= 4 is 18.8 Å². The maximum atomic E-state index is 13.9. The van der Waals surface area contributed by atoms with Crippen molar-refractivity contribution in [2.75, 3.05) is 0 Å². The number of hydrogen-bond donors (Lipinski definition) is 5. The number of halogens is 4. The van der Waals surface area contributed by atoms with Gasteiger partial charge in [-0.15, -0.1) is 0 Å². The predicted molar refractivity (Wildman–Crippen MR) is 120 cm³/mol. The minimum absolute atomic E-state index is 0.0946. The van der Waals surface area contributed by atoms with E-state index in [1.54, 1.807) is 6.92 Å². The number of nitrogens with one attached hydrogen (secondary N) is 1. The van der Waals surface area contributed by atoms with E-state index in [0.29, 0.717) is 0 Å². The molecule has 1 aliphatic rings. The quantitative estimate of drug-likeness (QED) is 0.240. The fraction of sp³-hybridized carbons (Fsp3) is 0.667. The molecule has 0 aromatic carbocycles. The van der Waals surface area contributed by atoms with E-state index in [1.807, 2.05) is 4.98 Å². The number of aliphatic hydroxyl groups is 3. The first-order valence-corrected chi connectivity index (χ1v) is 12.9. The van der Waals surface area contributed by atoms with Crippen LogP contribution >= 0.6 is 7.60 Å². The van der Waals surface area contributed by atoms with Gasteiger partial charge in [0.25, 0.3) is 5.56 Å². The zero-order valence-electron chi connectivity index (χ0n) is 20.3. The van der Waals surface area contributed by atoms with Gasteiger partial charge in [-0.1, -0.05) is 13.8 Å². The van der Waals surface area contributed by atoms with Gasteiger partial charge < -0.3 is 34.5 Å². The Labute approximate surface area is 208 Å². The summed E-state index contributed by atoms with van der Waals surface area (Å²) in [5.41, 5.74) is -5.85. The lowest BCUT2D eigenvalue weighted by Crippen LogP contribution is -2.40. The molecular weight excluding hydrogens is 529 g/mol. The molecule has 1 fully saturated rings. The van der Waals surface area contributed by atoms with Crippen LogP contribution in [0.4, 0.5) is 17.6 Å². The number of alkyl halides is 3. The minimum atomic E-state index is -5.15. The molecule has 0 aliphatic carbocycles. The van der Waals surface area contributed by atoms with Gasteiger partial charge in [-0.2, -0.15) is 17.6 Å². The van der Waals surface area contributed by atoms with Crippen molar-refractivity contribution in [3.63, 3.8) is 0 Å². The topological polar surface area (TPSA) is 175 Å². The molecule has 1 aliphatic heterocycles.